The van der Waals surface area contributed by atoms with Crippen molar-refractivity contribution in [3.8, 4) is 0 Å². The van der Waals surface area contributed by atoms with Crippen molar-refractivity contribution < 1.29 is 23.5 Å². The topological polar surface area (TPSA) is 57.6 Å². The van der Waals surface area contributed by atoms with Crippen LogP contribution in [0.15, 0.2) is 12.1 Å². The molecule has 4 nitrogen and oxygen atoms in total. The SMILES string of the molecule is O=C(O)C(=O)c1cc(F)c(F)cc1N1CCCC1. The highest BCUT2D eigenvalue weighted by Gasteiger charge is 2.25. The van der Waals surface area contributed by atoms with Gasteiger partial charge in [-0.2, -0.15) is 0 Å². The summed E-state index contributed by atoms with van der Waals surface area (Å²) in [6.45, 7) is 1.20. The number of ketones is 1. The molecular weight excluding hydrogens is 244 g/mol. The molecule has 0 spiro atoms. The molecule has 96 valence electrons. The maximum Gasteiger partial charge on any atom is 0.377 e. The Morgan fingerprint density at radius 2 is 1.67 bits per heavy atom. The number of aliphatic carboxylic acids is 1. The monoisotopic (exact) mass is 255 g/mol. The predicted molar refractivity (Wildman–Crippen MR) is 59.8 cm³/mol. The maximum atomic E-state index is 13.2. The van der Waals surface area contributed by atoms with E-state index >= 15 is 0 Å². The molecule has 1 aromatic carbocycles. The molecule has 0 atom stereocenters. The van der Waals surface area contributed by atoms with Crippen LogP contribution in [0.3, 0.4) is 0 Å². The van der Waals surface area contributed by atoms with Crippen molar-refractivity contribution in [2.45, 2.75) is 12.8 Å². The third-order valence-corrected chi connectivity index (χ3v) is 2.92. The highest BCUT2D eigenvalue weighted by atomic mass is 19.2. The minimum atomic E-state index is -1.68. The lowest BCUT2D eigenvalue weighted by molar-refractivity contribution is -0.131. The molecule has 1 saturated heterocycles. The Bertz CT molecular complexity index is 510. The summed E-state index contributed by atoms with van der Waals surface area (Å²) in [4.78, 5) is 23.8. The van der Waals surface area contributed by atoms with E-state index in [9.17, 15) is 18.4 Å². The number of rotatable bonds is 3. The van der Waals surface area contributed by atoms with Gasteiger partial charge in [0, 0.05) is 19.2 Å². The van der Waals surface area contributed by atoms with E-state index in [4.69, 9.17) is 5.11 Å². The van der Waals surface area contributed by atoms with Crippen LogP contribution in [0.1, 0.15) is 23.2 Å². The first-order valence-electron chi connectivity index (χ1n) is 5.52. The van der Waals surface area contributed by atoms with E-state index < -0.39 is 23.4 Å². The molecule has 1 aliphatic heterocycles. The van der Waals surface area contributed by atoms with Gasteiger partial charge in [-0.25, -0.2) is 13.6 Å². The van der Waals surface area contributed by atoms with Gasteiger partial charge in [-0.3, -0.25) is 4.79 Å². The number of carbonyl (C=O) groups is 2. The molecule has 0 radical (unpaired) electrons. The zero-order valence-corrected chi connectivity index (χ0v) is 9.45. The van der Waals surface area contributed by atoms with E-state index in [2.05, 4.69) is 0 Å². The van der Waals surface area contributed by atoms with Gasteiger partial charge < -0.3 is 10.0 Å². The van der Waals surface area contributed by atoms with Crippen molar-refractivity contribution in [2.75, 3.05) is 18.0 Å². The van der Waals surface area contributed by atoms with E-state index in [1.165, 1.54) is 0 Å². The lowest BCUT2D eigenvalue weighted by Gasteiger charge is -2.20. The molecule has 0 aliphatic carbocycles. The molecular formula is C12H11F2NO3. The fraction of sp³-hybridized carbons (Fsp3) is 0.333. The number of carboxylic acid groups (broad SMARTS) is 1. The van der Waals surface area contributed by atoms with E-state index in [-0.39, 0.29) is 11.3 Å². The van der Waals surface area contributed by atoms with Gasteiger partial charge in [-0.15, -0.1) is 0 Å². The van der Waals surface area contributed by atoms with Gasteiger partial charge in [-0.1, -0.05) is 0 Å². The van der Waals surface area contributed by atoms with Gasteiger partial charge in [0.05, 0.1) is 11.3 Å². The number of nitrogens with zero attached hydrogens (tertiary/aromatic N) is 1. The Labute approximate surface area is 102 Å². The van der Waals surface area contributed by atoms with Crippen LogP contribution in [-0.2, 0) is 4.79 Å². The molecule has 0 saturated carbocycles. The molecule has 0 aromatic heterocycles. The number of carboxylic acids is 1. The summed E-state index contributed by atoms with van der Waals surface area (Å²) in [5.41, 5.74) is -0.151. The van der Waals surface area contributed by atoms with Crippen molar-refractivity contribution >= 4 is 17.4 Å². The van der Waals surface area contributed by atoms with E-state index in [0.29, 0.717) is 19.2 Å². The fourth-order valence-corrected chi connectivity index (χ4v) is 2.05. The smallest absolute Gasteiger partial charge is 0.377 e. The third-order valence-electron chi connectivity index (χ3n) is 2.92. The van der Waals surface area contributed by atoms with Crippen molar-refractivity contribution in [1.82, 2.24) is 0 Å². The Kier molecular flexibility index (Phi) is 3.27. The average molecular weight is 255 g/mol. The summed E-state index contributed by atoms with van der Waals surface area (Å²) in [5.74, 6) is -5.21. The molecule has 0 amide bonds. The normalized spacial score (nSPS) is 14.9. The van der Waals surface area contributed by atoms with Crippen molar-refractivity contribution in [1.29, 1.82) is 0 Å². The van der Waals surface area contributed by atoms with Crippen LogP contribution in [0.25, 0.3) is 0 Å². The zero-order valence-electron chi connectivity index (χ0n) is 9.45. The van der Waals surface area contributed by atoms with E-state index in [1.54, 1.807) is 4.90 Å². The Hall–Kier alpha value is -1.98. The molecule has 6 heteroatoms. The Balaban J connectivity index is 2.51. The molecule has 1 heterocycles. The molecule has 0 bridgehead atoms. The molecule has 0 unspecified atom stereocenters. The molecule has 1 fully saturated rings. The summed E-state index contributed by atoms with van der Waals surface area (Å²) in [7, 11) is 0. The summed E-state index contributed by atoms with van der Waals surface area (Å²) in [5, 5.41) is 8.68. The van der Waals surface area contributed by atoms with Crippen molar-refractivity contribution in [3.63, 3.8) is 0 Å². The number of carbonyl (C=O) groups excluding carboxylic acids is 1. The number of halogens is 2. The standard InChI is InChI=1S/C12H11F2NO3/c13-8-5-7(11(16)12(17)18)10(6-9(8)14)15-3-1-2-4-15/h5-6H,1-4H2,(H,17,18). The van der Waals surface area contributed by atoms with E-state index in [0.717, 1.165) is 18.9 Å². The molecule has 18 heavy (non-hydrogen) atoms. The molecule has 1 aliphatic rings. The molecule has 2 rings (SSSR count). The van der Waals surface area contributed by atoms with Gasteiger partial charge in [0.1, 0.15) is 0 Å². The highest BCUT2D eigenvalue weighted by molar-refractivity contribution is 6.41. The second-order valence-corrected chi connectivity index (χ2v) is 4.11. The summed E-state index contributed by atoms with van der Waals surface area (Å²) >= 11 is 0. The van der Waals surface area contributed by atoms with Crippen LogP contribution >= 0.6 is 0 Å². The van der Waals surface area contributed by atoms with Crippen molar-refractivity contribution in [3.05, 3.63) is 29.3 Å². The van der Waals surface area contributed by atoms with Crippen LogP contribution in [0, 0.1) is 11.6 Å². The van der Waals surface area contributed by atoms with Crippen LogP contribution in [0.5, 0.6) is 0 Å². The van der Waals surface area contributed by atoms with E-state index in [1.807, 2.05) is 0 Å². The molecule has 1 N–H and O–H groups in total. The van der Waals surface area contributed by atoms with Gasteiger partial charge in [0.2, 0.25) is 0 Å². The van der Waals surface area contributed by atoms with Gasteiger partial charge in [0.25, 0.3) is 5.78 Å². The number of hydrogen-bond donors (Lipinski definition) is 1. The predicted octanol–water partition coefficient (Wildman–Crippen LogP) is 1.83. The van der Waals surface area contributed by atoms with Gasteiger partial charge >= 0.3 is 5.97 Å². The third kappa shape index (κ3) is 2.18. The first-order valence-corrected chi connectivity index (χ1v) is 5.52. The Morgan fingerprint density at radius 3 is 2.22 bits per heavy atom. The summed E-state index contributed by atoms with van der Waals surface area (Å²) in [6, 6.07) is 1.54. The summed E-state index contributed by atoms with van der Waals surface area (Å²) < 4.78 is 26.3. The number of anilines is 1. The number of benzene rings is 1. The van der Waals surface area contributed by atoms with Crippen LogP contribution < -0.4 is 4.90 Å². The quantitative estimate of drug-likeness (QED) is 0.661. The molecule has 1 aromatic rings. The number of Topliss-reactive ketones (excluding diaryl/α,β-unsaturated/α-hetero) is 1. The first kappa shape index (κ1) is 12.5. The van der Waals surface area contributed by atoms with Crippen LogP contribution in [0.2, 0.25) is 0 Å². The Morgan fingerprint density at radius 1 is 1.11 bits per heavy atom. The minimum absolute atomic E-state index is 0.152. The van der Waals surface area contributed by atoms with Gasteiger partial charge in [-0.05, 0) is 18.9 Å². The largest absolute Gasteiger partial charge is 0.475 e. The summed E-state index contributed by atoms with van der Waals surface area (Å²) in [6.07, 6.45) is 1.75. The fourth-order valence-electron chi connectivity index (χ4n) is 2.05. The second kappa shape index (κ2) is 4.72. The number of hydrogen-bond acceptors (Lipinski definition) is 3. The lowest BCUT2D eigenvalue weighted by atomic mass is 10.1. The highest BCUT2D eigenvalue weighted by Crippen LogP contribution is 2.27. The lowest BCUT2D eigenvalue weighted by Crippen LogP contribution is -2.23. The van der Waals surface area contributed by atoms with Gasteiger partial charge in [0.15, 0.2) is 11.6 Å². The maximum absolute atomic E-state index is 13.2. The van der Waals surface area contributed by atoms with Crippen LogP contribution in [0.4, 0.5) is 14.5 Å². The second-order valence-electron chi connectivity index (χ2n) is 4.11. The zero-order chi connectivity index (χ0) is 13.3. The first-order chi connectivity index (χ1) is 8.50. The average Bonchev–Trinajstić information content (AvgIpc) is 2.84. The van der Waals surface area contributed by atoms with Crippen LogP contribution in [-0.4, -0.2) is 29.9 Å². The van der Waals surface area contributed by atoms with Crippen molar-refractivity contribution in [2.24, 2.45) is 0 Å². The minimum Gasteiger partial charge on any atom is -0.475 e.